The van der Waals surface area contributed by atoms with Gasteiger partial charge >= 0.3 is 5.97 Å². The highest BCUT2D eigenvalue weighted by molar-refractivity contribution is 6.33. The van der Waals surface area contributed by atoms with Gasteiger partial charge in [0.15, 0.2) is 0 Å². The molecule has 1 amide bonds. The van der Waals surface area contributed by atoms with E-state index in [1.165, 1.54) is 23.1 Å². The Kier molecular flexibility index (Phi) is 6.89. The zero-order chi connectivity index (χ0) is 18.2. The fourth-order valence-electron chi connectivity index (χ4n) is 2.28. The number of carbonyl (C=O) groups is 2. The van der Waals surface area contributed by atoms with Crippen LogP contribution in [0.4, 0.5) is 4.39 Å². The summed E-state index contributed by atoms with van der Waals surface area (Å²) in [5.41, 5.74) is 0.599. The molecule has 1 heterocycles. The van der Waals surface area contributed by atoms with E-state index >= 15 is 0 Å². The van der Waals surface area contributed by atoms with Crippen LogP contribution in [0.25, 0.3) is 0 Å². The van der Waals surface area contributed by atoms with Crippen LogP contribution in [0.1, 0.15) is 29.3 Å². The molecule has 0 aliphatic rings. The van der Waals surface area contributed by atoms with Crippen LogP contribution in [0, 0.1) is 5.82 Å². The van der Waals surface area contributed by atoms with Gasteiger partial charge in [-0.3, -0.25) is 14.6 Å². The van der Waals surface area contributed by atoms with Crippen LogP contribution in [0.3, 0.4) is 0 Å². The van der Waals surface area contributed by atoms with Gasteiger partial charge in [-0.05, 0) is 36.8 Å². The third-order valence-electron chi connectivity index (χ3n) is 3.48. The number of aromatic nitrogens is 1. The van der Waals surface area contributed by atoms with E-state index < -0.39 is 17.7 Å². The SMILES string of the molecule is CCOC(=O)CCN(Cc1ccncc1)C(=O)c1c(F)cccc1Cl. The Labute approximate surface area is 150 Å². The quantitative estimate of drug-likeness (QED) is 0.706. The summed E-state index contributed by atoms with van der Waals surface area (Å²) < 4.78 is 19.0. The molecular weight excluding hydrogens is 347 g/mol. The minimum Gasteiger partial charge on any atom is -0.466 e. The van der Waals surface area contributed by atoms with Gasteiger partial charge in [-0.1, -0.05) is 17.7 Å². The molecule has 0 saturated carbocycles. The van der Waals surface area contributed by atoms with Crippen LogP contribution >= 0.6 is 11.6 Å². The average Bonchev–Trinajstić information content (AvgIpc) is 2.59. The van der Waals surface area contributed by atoms with Gasteiger partial charge in [0, 0.05) is 25.5 Å². The van der Waals surface area contributed by atoms with Gasteiger partial charge in [0.25, 0.3) is 5.91 Å². The number of nitrogens with zero attached hydrogens (tertiary/aromatic N) is 2. The van der Waals surface area contributed by atoms with Crippen molar-refractivity contribution in [2.45, 2.75) is 19.9 Å². The van der Waals surface area contributed by atoms with Crippen LogP contribution in [-0.2, 0) is 16.1 Å². The minimum atomic E-state index is -0.701. The first kappa shape index (κ1) is 18.9. The lowest BCUT2D eigenvalue weighted by Crippen LogP contribution is -2.33. The highest BCUT2D eigenvalue weighted by atomic mass is 35.5. The van der Waals surface area contributed by atoms with E-state index in [0.29, 0.717) is 0 Å². The van der Waals surface area contributed by atoms with Gasteiger partial charge in [0.2, 0.25) is 0 Å². The lowest BCUT2D eigenvalue weighted by atomic mass is 10.1. The first-order valence-corrected chi connectivity index (χ1v) is 8.18. The third kappa shape index (κ3) is 5.26. The van der Waals surface area contributed by atoms with Crippen molar-refractivity contribution < 1.29 is 18.7 Å². The van der Waals surface area contributed by atoms with Crippen LogP contribution in [-0.4, -0.2) is 34.9 Å². The molecule has 0 radical (unpaired) electrons. The monoisotopic (exact) mass is 364 g/mol. The van der Waals surface area contributed by atoms with Crippen molar-refractivity contribution >= 4 is 23.5 Å². The second kappa shape index (κ2) is 9.13. The number of rotatable bonds is 7. The summed E-state index contributed by atoms with van der Waals surface area (Å²) in [4.78, 5) is 29.7. The van der Waals surface area contributed by atoms with Gasteiger partial charge in [0.1, 0.15) is 5.82 Å². The standard InChI is InChI=1S/C18H18ClFN2O3/c1-2-25-16(23)8-11-22(12-13-6-9-21-10-7-13)18(24)17-14(19)4-3-5-15(17)20/h3-7,9-10H,2,8,11-12H2,1H3. The number of halogens is 2. The Hall–Kier alpha value is -2.47. The average molecular weight is 365 g/mol. The molecule has 2 aromatic rings. The maximum absolute atomic E-state index is 14.1. The Morgan fingerprint density at radius 2 is 1.96 bits per heavy atom. The maximum Gasteiger partial charge on any atom is 0.307 e. The van der Waals surface area contributed by atoms with Crippen LogP contribution in [0.15, 0.2) is 42.7 Å². The van der Waals surface area contributed by atoms with Crippen molar-refractivity contribution in [3.05, 3.63) is 64.7 Å². The van der Waals surface area contributed by atoms with Gasteiger partial charge in [-0.25, -0.2) is 4.39 Å². The number of ether oxygens (including phenoxy) is 1. The molecule has 0 bridgehead atoms. The number of carbonyl (C=O) groups excluding carboxylic acids is 2. The van der Waals surface area contributed by atoms with Crippen LogP contribution in [0.2, 0.25) is 5.02 Å². The molecule has 1 aromatic heterocycles. The summed E-state index contributed by atoms with van der Waals surface area (Å²) in [5.74, 6) is -1.70. The molecule has 25 heavy (non-hydrogen) atoms. The van der Waals surface area contributed by atoms with Crippen molar-refractivity contribution in [1.29, 1.82) is 0 Å². The molecule has 0 fully saturated rings. The van der Waals surface area contributed by atoms with Crippen LogP contribution in [0.5, 0.6) is 0 Å². The first-order valence-electron chi connectivity index (χ1n) is 7.80. The molecule has 1 aromatic carbocycles. The molecule has 0 aliphatic carbocycles. The zero-order valence-electron chi connectivity index (χ0n) is 13.7. The summed E-state index contributed by atoms with van der Waals surface area (Å²) in [7, 11) is 0. The van der Waals surface area contributed by atoms with E-state index in [4.69, 9.17) is 16.3 Å². The highest BCUT2D eigenvalue weighted by Crippen LogP contribution is 2.22. The van der Waals surface area contributed by atoms with Crippen molar-refractivity contribution in [3.63, 3.8) is 0 Å². The van der Waals surface area contributed by atoms with Crippen molar-refractivity contribution in [2.24, 2.45) is 0 Å². The number of hydrogen-bond donors (Lipinski definition) is 0. The summed E-state index contributed by atoms with van der Waals surface area (Å²) in [6, 6.07) is 7.55. The van der Waals surface area contributed by atoms with Crippen molar-refractivity contribution in [3.8, 4) is 0 Å². The lowest BCUT2D eigenvalue weighted by Gasteiger charge is -2.23. The summed E-state index contributed by atoms with van der Waals surface area (Å²) >= 11 is 5.99. The Morgan fingerprint density at radius 1 is 1.24 bits per heavy atom. The molecule has 0 saturated heterocycles. The lowest BCUT2D eigenvalue weighted by molar-refractivity contribution is -0.143. The summed E-state index contributed by atoms with van der Waals surface area (Å²) in [6.45, 7) is 2.25. The number of esters is 1. The fraction of sp³-hybridized carbons (Fsp3) is 0.278. The van der Waals surface area contributed by atoms with Gasteiger partial charge in [-0.15, -0.1) is 0 Å². The fourth-order valence-corrected chi connectivity index (χ4v) is 2.52. The first-order chi connectivity index (χ1) is 12.0. The zero-order valence-corrected chi connectivity index (χ0v) is 14.5. The smallest absolute Gasteiger partial charge is 0.307 e. The van der Waals surface area contributed by atoms with E-state index in [0.717, 1.165) is 5.56 Å². The molecule has 0 aliphatic heterocycles. The topological polar surface area (TPSA) is 59.5 Å². The van der Waals surface area contributed by atoms with E-state index in [9.17, 15) is 14.0 Å². The molecule has 132 valence electrons. The normalized spacial score (nSPS) is 10.4. The molecular formula is C18H18ClFN2O3. The highest BCUT2D eigenvalue weighted by Gasteiger charge is 2.23. The number of pyridine rings is 1. The van der Waals surface area contributed by atoms with E-state index in [2.05, 4.69) is 4.98 Å². The third-order valence-corrected chi connectivity index (χ3v) is 3.79. The minimum absolute atomic E-state index is 0.0107. The Balaban J connectivity index is 2.23. The number of hydrogen-bond acceptors (Lipinski definition) is 4. The van der Waals surface area contributed by atoms with E-state index in [1.54, 1.807) is 31.5 Å². The van der Waals surface area contributed by atoms with Crippen molar-refractivity contribution in [2.75, 3.05) is 13.2 Å². The molecule has 2 rings (SSSR count). The van der Waals surface area contributed by atoms with Gasteiger partial charge in [0.05, 0.1) is 23.6 Å². The number of benzene rings is 1. The predicted octanol–water partition coefficient (Wildman–Crippen LogP) is 3.47. The summed E-state index contributed by atoms with van der Waals surface area (Å²) in [5, 5.41) is 0.0286. The molecule has 0 N–H and O–H groups in total. The molecule has 0 atom stereocenters. The maximum atomic E-state index is 14.1. The largest absolute Gasteiger partial charge is 0.466 e. The Bertz CT molecular complexity index is 720. The molecule has 0 unspecified atom stereocenters. The summed E-state index contributed by atoms with van der Waals surface area (Å²) in [6.07, 6.45) is 3.20. The molecule has 7 heteroatoms. The molecule has 0 spiro atoms. The molecule has 5 nitrogen and oxygen atoms in total. The van der Waals surface area contributed by atoms with E-state index in [1.807, 2.05) is 0 Å². The van der Waals surface area contributed by atoms with Gasteiger partial charge in [-0.2, -0.15) is 0 Å². The van der Waals surface area contributed by atoms with Crippen LogP contribution < -0.4 is 0 Å². The van der Waals surface area contributed by atoms with Gasteiger partial charge < -0.3 is 9.64 Å². The predicted molar refractivity (Wildman–Crippen MR) is 91.6 cm³/mol. The number of amides is 1. The van der Waals surface area contributed by atoms with E-state index in [-0.39, 0.29) is 36.7 Å². The Morgan fingerprint density at radius 3 is 2.60 bits per heavy atom. The second-order valence-electron chi connectivity index (χ2n) is 5.23. The second-order valence-corrected chi connectivity index (χ2v) is 5.64. The van der Waals surface area contributed by atoms with Crippen molar-refractivity contribution in [1.82, 2.24) is 9.88 Å².